The van der Waals surface area contributed by atoms with Crippen molar-refractivity contribution < 1.29 is 13.2 Å². The van der Waals surface area contributed by atoms with E-state index < -0.39 is 5.92 Å². The molecule has 0 spiro atoms. The van der Waals surface area contributed by atoms with Crippen molar-refractivity contribution in [2.24, 2.45) is 10.9 Å². The number of amidine groups is 1. The van der Waals surface area contributed by atoms with E-state index >= 15 is 0 Å². The number of rotatable bonds is 4. The molecule has 2 aliphatic heterocycles. The average molecular weight is 481 g/mol. The summed E-state index contributed by atoms with van der Waals surface area (Å²) in [6, 6.07) is -0.263. The molecular weight excluding hydrogens is 449 g/mol. The third-order valence-electron chi connectivity index (χ3n) is 7.19. The van der Waals surface area contributed by atoms with Gasteiger partial charge in [0.15, 0.2) is 0 Å². The maximum Gasteiger partial charge on any atom is 0.269 e. The van der Waals surface area contributed by atoms with Crippen molar-refractivity contribution in [2.75, 3.05) is 13.1 Å². The molecule has 2 atom stereocenters. The number of allylic oxidation sites excluding steroid dienone is 10. The Kier molecular flexibility index (Phi) is 6.43. The fourth-order valence-electron chi connectivity index (χ4n) is 5.43. The second-order valence-electron chi connectivity index (χ2n) is 9.76. The molecular formula is C28H31F3N4. The summed E-state index contributed by atoms with van der Waals surface area (Å²) in [4.78, 5) is 10.8. The highest BCUT2D eigenvalue weighted by Gasteiger charge is 2.46. The average Bonchev–Trinajstić information content (AvgIpc) is 3.29. The normalized spacial score (nSPS) is 27.4. The van der Waals surface area contributed by atoms with Crippen LogP contribution in [0.2, 0.25) is 0 Å². The minimum absolute atomic E-state index is 0.0447. The van der Waals surface area contributed by atoms with Gasteiger partial charge < -0.3 is 9.47 Å². The summed E-state index contributed by atoms with van der Waals surface area (Å²) in [5, 5.41) is 0. The van der Waals surface area contributed by atoms with Crippen molar-refractivity contribution in [3.05, 3.63) is 83.3 Å². The number of aliphatic imine (C=N–C) groups is 1. The zero-order chi connectivity index (χ0) is 24.6. The van der Waals surface area contributed by atoms with Crippen LogP contribution in [0.15, 0.2) is 82.6 Å². The Labute approximate surface area is 204 Å². The predicted molar refractivity (Wildman–Crippen MR) is 134 cm³/mol. The minimum Gasteiger partial charge on any atom is -0.342 e. The van der Waals surface area contributed by atoms with Gasteiger partial charge in [0.25, 0.3) is 5.92 Å². The summed E-state index contributed by atoms with van der Waals surface area (Å²) >= 11 is 0. The quantitative estimate of drug-likeness (QED) is 0.489. The molecule has 184 valence electrons. The first-order valence-corrected chi connectivity index (χ1v) is 12.4. The van der Waals surface area contributed by atoms with E-state index in [0.29, 0.717) is 24.4 Å². The molecule has 1 fully saturated rings. The topological polar surface area (TPSA) is 33.4 Å². The molecule has 1 saturated heterocycles. The highest BCUT2D eigenvalue weighted by molar-refractivity contribution is 6.01. The number of fused-ring (bicyclic) bond motifs is 1. The van der Waals surface area contributed by atoms with E-state index in [4.69, 9.17) is 4.99 Å². The summed E-state index contributed by atoms with van der Waals surface area (Å²) in [6.07, 6.45) is 19.3. The van der Waals surface area contributed by atoms with Crippen molar-refractivity contribution >= 4 is 11.5 Å². The van der Waals surface area contributed by atoms with Crippen LogP contribution in [0, 0.1) is 12.8 Å². The maximum atomic E-state index is 14.9. The molecule has 4 aliphatic rings. The first kappa shape index (κ1) is 23.6. The molecule has 1 aromatic rings. The summed E-state index contributed by atoms with van der Waals surface area (Å²) < 4.78 is 45.6. The van der Waals surface area contributed by atoms with Crippen molar-refractivity contribution in [2.45, 2.75) is 57.9 Å². The molecule has 0 saturated carbocycles. The van der Waals surface area contributed by atoms with Gasteiger partial charge in [-0.25, -0.2) is 18.2 Å². The Hall–Kier alpha value is -3.09. The van der Waals surface area contributed by atoms with Gasteiger partial charge in [-0.15, -0.1) is 0 Å². The highest BCUT2D eigenvalue weighted by Crippen LogP contribution is 2.39. The van der Waals surface area contributed by atoms with Gasteiger partial charge in [-0.1, -0.05) is 31.2 Å². The van der Waals surface area contributed by atoms with Crippen molar-refractivity contribution in [3.8, 4) is 0 Å². The molecule has 0 amide bonds. The lowest BCUT2D eigenvalue weighted by Crippen LogP contribution is -2.50. The Morgan fingerprint density at radius 2 is 2.09 bits per heavy atom. The number of hydrogen-bond acceptors (Lipinski definition) is 3. The van der Waals surface area contributed by atoms with Crippen LogP contribution >= 0.6 is 0 Å². The lowest BCUT2D eigenvalue weighted by molar-refractivity contribution is -0.0260. The molecule has 0 N–H and O–H groups in total. The molecule has 1 unspecified atom stereocenters. The molecule has 1 aromatic heterocycles. The number of aryl methyl sites for hydroxylation is 1. The van der Waals surface area contributed by atoms with E-state index in [-0.39, 0.29) is 30.8 Å². The zero-order valence-electron chi connectivity index (χ0n) is 20.2. The van der Waals surface area contributed by atoms with Crippen LogP contribution in [-0.4, -0.2) is 45.3 Å². The highest BCUT2D eigenvalue weighted by atomic mass is 19.3. The van der Waals surface area contributed by atoms with Crippen LogP contribution in [0.4, 0.5) is 13.2 Å². The van der Waals surface area contributed by atoms with Crippen LogP contribution < -0.4 is 0 Å². The SMILES string of the molecule is CCC1=C(n2cnc(C)c2)C=CC(/C=C2\CC(F)(F)CN3C2=NC[C@H]3C2=CC=C(F)C=CC2)CC1. The van der Waals surface area contributed by atoms with Crippen LogP contribution in [0.5, 0.6) is 0 Å². The summed E-state index contributed by atoms with van der Waals surface area (Å²) in [6.45, 7) is 4.18. The Morgan fingerprint density at radius 1 is 1.23 bits per heavy atom. The molecule has 4 nitrogen and oxygen atoms in total. The number of hydrogen-bond donors (Lipinski definition) is 0. The number of piperidine rings is 1. The van der Waals surface area contributed by atoms with Crippen molar-refractivity contribution in [3.63, 3.8) is 0 Å². The number of nitrogens with zero attached hydrogens (tertiary/aromatic N) is 4. The first-order chi connectivity index (χ1) is 16.8. The van der Waals surface area contributed by atoms with E-state index in [1.165, 1.54) is 17.7 Å². The lowest BCUT2D eigenvalue weighted by atomic mass is 9.91. The number of alkyl halides is 2. The van der Waals surface area contributed by atoms with E-state index in [9.17, 15) is 13.2 Å². The van der Waals surface area contributed by atoms with E-state index in [2.05, 4.69) is 28.6 Å². The van der Waals surface area contributed by atoms with Gasteiger partial charge in [-0.05, 0) is 73.5 Å². The summed E-state index contributed by atoms with van der Waals surface area (Å²) in [7, 11) is 0. The van der Waals surface area contributed by atoms with E-state index in [1.54, 1.807) is 17.1 Å². The Balaban J connectivity index is 1.40. The fraction of sp³-hybridized carbons (Fsp3) is 0.429. The van der Waals surface area contributed by atoms with E-state index in [0.717, 1.165) is 36.2 Å². The van der Waals surface area contributed by atoms with Gasteiger partial charge in [0.05, 0.1) is 31.2 Å². The minimum atomic E-state index is -2.84. The monoisotopic (exact) mass is 480 g/mol. The van der Waals surface area contributed by atoms with Crippen LogP contribution in [0.1, 0.15) is 44.7 Å². The molecule has 3 heterocycles. The van der Waals surface area contributed by atoms with Crippen LogP contribution in [0.3, 0.4) is 0 Å². The number of halogens is 3. The maximum absolute atomic E-state index is 14.9. The third-order valence-corrected chi connectivity index (χ3v) is 7.19. The third kappa shape index (κ3) is 5.00. The van der Waals surface area contributed by atoms with Crippen molar-refractivity contribution in [1.29, 1.82) is 0 Å². The smallest absolute Gasteiger partial charge is 0.269 e. The van der Waals surface area contributed by atoms with Gasteiger partial charge >= 0.3 is 0 Å². The molecule has 0 radical (unpaired) electrons. The summed E-state index contributed by atoms with van der Waals surface area (Å²) in [5.41, 5.74) is 4.94. The van der Waals surface area contributed by atoms with Crippen LogP contribution in [0.25, 0.3) is 5.70 Å². The lowest BCUT2D eigenvalue weighted by Gasteiger charge is -2.38. The number of imidazole rings is 1. The number of aromatic nitrogens is 2. The largest absolute Gasteiger partial charge is 0.342 e. The van der Waals surface area contributed by atoms with Gasteiger partial charge in [0.2, 0.25) is 0 Å². The van der Waals surface area contributed by atoms with Gasteiger partial charge in [0.1, 0.15) is 11.7 Å². The van der Waals surface area contributed by atoms with Gasteiger partial charge in [0, 0.05) is 18.3 Å². The fourth-order valence-corrected chi connectivity index (χ4v) is 5.43. The first-order valence-electron chi connectivity index (χ1n) is 12.4. The molecule has 7 heteroatoms. The molecule has 0 bridgehead atoms. The van der Waals surface area contributed by atoms with Gasteiger partial charge in [-0.3, -0.25) is 4.99 Å². The van der Waals surface area contributed by atoms with Crippen LogP contribution in [-0.2, 0) is 0 Å². The van der Waals surface area contributed by atoms with Crippen molar-refractivity contribution in [1.82, 2.24) is 14.5 Å². The standard InChI is InChI=1S/C28H31F3N4/c1-3-21-9-7-20(8-12-25(21)34-16-19(2)33-18-34)13-23-14-28(30,31)17-35-26(15-32-27(23)35)22-5-4-6-24(29)11-10-22/h4,6,8,10-13,16,18,20,26H,3,5,7,9,14-15,17H2,1-2H3/b23-13+/t20?,26-/m0/s1. The van der Waals surface area contributed by atoms with Gasteiger partial charge in [-0.2, -0.15) is 0 Å². The predicted octanol–water partition coefficient (Wildman–Crippen LogP) is 6.57. The zero-order valence-corrected chi connectivity index (χ0v) is 20.2. The Bertz CT molecular complexity index is 1210. The van der Waals surface area contributed by atoms with E-state index in [1.807, 2.05) is 25.5 Å². The second kappa shape index (κ2) is 9.51. The summed E-state index contributed by atoms with van der Waals surface area (Å²) in [5.74, 6) is -2.44. The molecule has 2 aliphatic carbocycles. The molecule has 35 heavy (non-hydrogen) atoms. The molecule has 5 rings (SSSR count). The second-order valence-corrected chi connectivity index (χ2v) is 9.76. The Morgan fingerprint density at radius 3 is 2.86 bits per heavy atom. The molecule has 0 aromatic carbocycles.